The summed E-state index contributed by atoms with van der Waals surface area (Å²) in [5, 5.41) is 5.07. The Morgan fingerprint density at radius 3 is 2.90 bits per heavy atom. The molecule has 0 spiro atoms. The van der Waals surface area contributed by atoms with Gasteiger partial charge in [-0.05, 0) is 50.2 Å². The summed E-state index contributed by atoms with van der Waals surface area (Å²) in [6.45, 7) is 1.02. The van der Waals surface area contributed by atoms with Crippen molar-refractivity contribution in [2.24, 2.45) is 0 Å². The fraction of sp³-hybridized carbons (Fsp3) is 0.353. The van der Waals surface area contributed by atoms with Crippen LogP contribution < -0.4 is 10.4 Å². The van der Waals surface area contributed by atoms with Gasteiger partial charge in [-0.1, -0.05) is 24.3 Å². The standard InChI is InChI=1S/C17H21N3O/c1-18-11-6-8-15-13-14-7-2-3-9-16(14)20(21-15)17-10-4-5-12-19-17/h2-5,7,9-10,12,15,18H,6,8,11,13H2,1H3. The van der Waals surface area contributed by atoms with E-state index in [1.54, 1.807) is 6.20 Å². The molecule has 1 N–H and O–H groups in total. The second kappa shape index (κ2) is 6.70. The lowest BCUT2D eigenvalue weighted by atomic mass is 10.0. The van der Waals surface area contributed by atoms with Gasteiger partial charge < -0.3 is 5.32 Å². The molecule has 0 bridgehead atoms. The van der Waals surface area contributed by atoms with E-state index in [1.807, 2.05) is 36.4 Å². The zero-order valence-corrected chi connectivity index (χ0v) is 12.3. The number of pyridine rings is 1. The fourth-order valence-corrected chi connectivity index (χ4v) is 2.68. The van der Waals surface area contributed by atoms with Gasteiger partial charge in [-0.2, -0.15) is 0 Å². The van der Waals surface area contributed by atoms with Crippen LogP contribution in [0.5, 0.6) is 0 Å². The molecule has 2 aromatic rings. The van der Waals surface area contributed by atoms with Crippen LogP contribution in [0.25, 0.3) is 0 Å². The largest absolute Gasteiger partial charge is 0.320 e. The lowest BCUT2D eigenvalue weighted by molar-refractivity contribution is 0.0357. The van der Waals surface area contributed by atoms with Crippen molar-refractivity contribution < 1.29 is 4.84 Å². The number of benzene rings is 1. The molecule has 0 saturated carbocycles. The van der Waals surface area contributed by atoms with Crippen molar-refractivity contribution in [3.05, 3.63) is 54.2 Å². The first kappa shape index (κ1) is 14.0. The van der Waals surface area contributed by atoms with E-state index < -0.39 is 0 Å². The molecule has 4 nitrogen and oxygen atoms in total. The number of hydrogen-bond acceptors (Lipinski definition) is 4. The van der Waals surface area contributed by atoms with Crippen molar-refractivity contribution >= 4 is 11.5 Å². The quantitative estimate of drug-likeness (QED) is 0.856. The van der Waals surface area contributed by atoms with E-state index >= 15 is 0 Å². The van der Waals surface area contributed by atoms with Crippen molar-refractivity contribution in [2.75, 3.05) is 18.7 Å². The molecule has 1 aliphatic rings. The van der Waals surface area contributed by atoms with Gasteiger partial charge in [-0.3, -0.25) is 4.84 Å². The van der Waals surface area contributed by atoms with Crippen LogP contribution in [0.2, 0.25) is 0 Å². The SMILES string of the molecule is CNCCCC1Cc2ccccc2N(c2ccccn2)O1. The molecular formula is C17H21N3O. The summed E-state index contributed by atoms with van der Waals surface area (Å²) in [7, 11) is 1.98. The zero-order valence-electron chi connectivity index (χ0n) is 12.3. The van der Waals surface area contributed by atoms with Gasteiger partial charge in [0, 0.05) is 12.6 Å². The second-order valence-electron chi connectivity index (χ2n) is 5.29. The number of nitrogens with one attached hydrogen (secondary N) is 1. The first-order chi connectivity index (χ1) is 10.4. The van der Waals surface area contributed by atoms with Crippen LogP contribution in [0.3, 0.4) is 0 Å². The summed E-state index contributed by atoms with van der Waals surface area (Å²) in [6.07, 6.45) is 5.11. The Balaban J connectivity index is 1.84. The highest BCUT2D eigenvalue weighted by molar-refractivity contribution is 5.62. The molecule has 1 aromatic heterocycles. The summed E-state index contributed by atoms with van der Waals surface area (Å²) in [6, 6.07) is 14.3. The van der Waals surface area contributed by atoms with Crippen LogP contribution in [0.15, 0.2) is 48.7 Å². The molecule has 1 aliphatic heterocycles. The van der Waals surface area contributed by atoms with Crippen molar-refractivity contribution in [2.45, 2.75) is 25.4 Å². The highest BCUT2D eigenvalue weighted by Gasteiger charge is 2.26. The summed E-state index contributed by atoms with van der Waals surface area (Å²) < 4.78 is 0. The third kappa shape index (κ3) is 3.23. The van der Waals surface area contributed by atoms with Gasteiger partial charge in [0.15, 0.2) is 5.82 Å². The second-order valence-corrected chi connectivity index (χ2v) is 5.29. The monoisotopic (exact) mass is 283 g/mol. The Bertz CT molecular complexity index is 573. The van der Waals surface area contributed by atoms with E-state index in [1.165, 1.54) is 5.56 Å². The Labute approximate surface area is 125 Å². The van der Waals surface area contributed by atoms with E-state index in [9.17, 15) is 0 Å². The average molecular weight is 283 g/mol. The average Bonchev–Trinajstić information content (AvgIpc) is 2.55. The Hall–Kier alpha value is -1.91. The van der Waals surface area contributed by atoms with Crippen molar-refractivity contribution in [3.63, 3.8) is 0 Å². The predicted octanol–water partition coefficient (Wildman–Crippen LogP) is 3.08. The fourth-order valence-electron chi connectivity index (χ4n) is 2.68. The van der Waals surface area contributed by atoms with Gasteiger partial charge >= 0.3 is 0 Å². The van der Waals surface area contributed by atoms with Crippen LogP contribution in [0.1, 0.15) is 18.4 Å². The maximum Gasteiger partial charge on any atom is 0.157 e. The van der Waals surface area contributed by atoms with Crippen molar-refractivity contribution in [3.8, 4) is 0 Å². The minimum absolute atomic E-state index is 0.204. The van der Waals surface area contributed by atoms with Gasteiger partial charge in [0.05, 0.1) is 11.8 Å². The van der Waals surface area contributed by atoms with Crippen LogP contribution in [-0.2, 0) is 11.3 Å². The molecular weight excluding hydrogens is 262 g/mol. The molecule has 0 amide bonds. The van der Waals surface area contributed by atoms with E-state index in [0.717, 1.165) is 37.3 Å². The molecule has 110 valence electrons. The van der Waals surface area contributed by atoms with Crippen LogP contribution in [-0.4, -0.2) is 24.7 Å². The molecule has 0 aliphatic carbocycles. The van der Waals surface area contributed by atoms with Gasteiger partial charge in [-0.25, -0.2) is 10.0 Å². The van der Waals surface area contributed by atoms with Gasteiger partial charge in [-0.15, -0.1) is 0 Å². The molecule has 2 heterocycles. The minimum atomic E-state index is 0.204. The summed E-state index contributed by atoms with van der Waals surface area (Å²) in [5.74, 6) is 0.836. The number of para-hydroxylation sites is 1. The van der Waals surface area contributed by atoms with Crippen LogP contribution in [0.4, 0.5) is 11.5 Å². The molecule has 3 rings (SSSR count). The summed E-state index contributed by atoms with van der Waals surface area (Å²) >= 11 is 0. The normalized spacial score (nSPS) is 17.6. The number of anilines is 2. The molecule has 0 fully saturated rings. The maximum absolute atomic E-state index is 6.19. The molecule has 21 heavy (non-hydrogen) atoms. The van der Waals surface area contributed by atoms with Crippen LogP contribution >= 0.6 is 0 Å². The van der Waals surface area contributed by atoms with Crippen LogP contribution in [0, 0.1) is 0 Å². The maximum atomic E-state index is 6.19. The van der Waals surface area contributed by atoms with Gasteiger partial charge in [0.2, 0.25) is 0 Å². The number of rotatable bonds is 5. The van der Waals surface area contributed by atoms with Crippen molar-refractivity contribution in [1.29, 1.82) is 0 Å². The van der Waals surface area contributed by atoms with E-state index in [2.05, 4.69) is 28.5 Å². The molecule has 1 unspecified atom stereocenters. The van der Waals surface area contributed by atoms with E-state index in [4.69, 9.17) is 4.84 Å². The first-order valence-corrected chi connectivity index (χ1v) is 7.49. The van der Waals surface area contributed by atoms with Gasteiger partial charge in [0.25, 0.3) is 0 Å². The third-order valence-electron chi connectivity index (χ3n) is 3.72. The minimum Gasteiger partial charge on any atom is -0.320 e. The zero-order chi connectivity index (χ0) is 14.5. The molecule has 0 saturated heterocycles. The smallest absolute Gasteiger partial charge is 0.157 e. The van der Waals surface area contributed by atoms with Crippen molar-refractivity contribution in [1.82, 2.24) is 10.3 Å². The Morgan fingerprint density at radius 1 is 1.24 bits per heavy atom. The molecule has 1 atom stereocenters. The van der Waals surface area contributed by atoms with Gasteiger partial charge in [0.1, 0.15) is 0 Å². The lowest BCUT2D eigenvalue weighted by Gasteiger charge is -2.34. The Morgan fingerprint density at radius 2 is 2.10 bits per heavy atom. The number of aromatic nitrogens is 1. The summed E-state index contributed by atoms with van der Waals surface area (Å²) in [4.78, 5) is 10.6. The topological polar surface area (TPSA) is 37.4 Å². The Kier molecular flexibility index (Phi) is 4.48. The predicted molar refractivity (Wildman–Crippen MR) is 84.6 cm³/mol. The van der Waals surface area contributed by atoms with E-state index in [-0.39, 0.29) is 6.10 Å². The highest BCUT2D eigenvalue weighted by atomic mass is 16.7. The molecule has 0 radical (unpaired) electrons. The molecule has 4 heteroatoms. The molecule has 1 aromatic carbocycles. The van der Waals surface area contributed by atoms with E-state index in [0.29, 0.717) is 0 Å². The number of hydrogen-bond donors (Lipinski definition) is 1. The summed E-state index contributed by atoms with van der Waals surface area (Å²) in [5.41, 5.74) is 2.42. The lowest BCUT2D eigenvalue weighted by Crippen LogP contribution is -2.34. The first-order valence-electron chi connectivity index (χ1n) is 7.49. The highest BCUT2D eigenvalue weighted by Crippen LogP contribution is 2.34. The number of nitrogens with zero attached hydrogens (tertiary/aromatic N) is 2. The third-order valence-corrected chi connectivity index (χ3v) is 3.72. The number of fused-ring (bicyclic) bond motifs is 1.